The second-order valence-corrected chi connectivity index (χ2v) is 7.07. The SMILES string of the molecule is CC(C(=O)Nc1ccc(F)cc1)N(c1ccc(F)cc1)S(C)(=O)=O. The van der Waals surface area contributed by atoms with Gasteiger partial charge in [-0.3, -0.25) is 9.10 Å². The van der Waals surface area contributed by atoms with Crippen LogP contribution >= 0.6 is 0 Å². The van der Waals surface area contributed by atoms with Gasteiger partial charge in [0.25, 0.3) is 0 Å². The van der Waals surface area contributed by atoms with Gasteiger partial charge in [0, 0.05) is 5.69 Å². The van der Waals surface area contributed by atoms with Crippen molar-refractivity contribution in [1.29, 1.82) is 0 Å². The van der Waals surface area contributed by atoms with Crippen molar-refractivity contribution in [2.45, 2.75) is 13.0 Å². The topological polar surface area (TPSA) is 66.5 Å². The maximum absolute atomic E-state index is 13.0. The van der Waals surface area contributed by atoms with Crippen LogP contribution in [0.4, 0.5) is 20.2 Å². The Morgan fingerprint density at radius 3 is 1.92 bits per heavy atom. The predicted molar refractivity (Wildman–Crippen MR) is 88.2 cm³/mol. The van der Waals surface area contributed by atoms with Gasteiger partial charge in [-0.15, -0.1) is 0 Å². The Kier molecular flexibility index (Phi) is 5.18. The summed E-state index contributed by atoms with van der Waals surface area (Å²) in [5.41, 5.74) is 0.501. The number of halogens is 2. The largest absolute Gasteiger partial charge is 0.324 e. The third-order valence-electron chi connectivity index (χ3n) is 3.28. The summed E-state index contributed by atoms with van der Waals surface area (Å²) in [7, 11) is -3.78. The lowest BCUT2D eigenvalue weighted by Crippen LogP contribution is -2.45. The van der Waals surface area contributed by atoms with Crippen LogP contribution in [0.2, 0.25) is 0 Å². The standard InChI is InChI=1S/C16H16F2N2O3S/c1-11(16(21)19-14-7-3-12(17)4-8-14)20(24(2,22)23)15-9-5-13(18)6-10-15/h3-11H,1-2H3,(H,19,21). The summed E-state index contributed by atoms with van der Waals surface area (Å²) in [5.74, 6) is -1.57. The number of nitrogens with zero attached hydrogens (tertiary/aromatic N) is 1. The van der Waals surface area contributed by atoms with Gasteiger partial charge in [-0.25, -0.2) is 17.2 Å². The molecule has 2 aromatic carbocycles. The van der Waals surface area contributed by atoms with Crippen LogP contribution in [-0.2, 0) is 14.8 Å². The fourth-order valence-electron chi connectivity index (χ4n) is 2.18. The Labute approximate surface area is 139 Å². The van der Waals surface area contributed by atoms with E-state index < -0.39 is 33.6 Å². The lowest BCUT2D eigenvalue weighted by Gasteiger charge is -2.28. The van der Waals surface area contributed by atoms with E-state index in [0.29, 0.717) is 5.69 Å². The molecule has 0 heterocycles. The van der Waals surface area contributed by atoms with Crippen molar-refractivity contribution in [3.05, 3.63) is 60.2 Å². The van der Waals surface area contributed by atoms with Gasteiger partial charge in [0.05, 0.1) is 11.9 Å². The molecule has 0 aliphatic heterocycles. The van der Waals surface area contributed by atoms with Crippen molar-refractivity contribution in [2.24, 2.45) is 0 Å². The molecule has 0 saturated heterocycles. The van der Waals surface area contributed by atoms with Crippen molar-refractivity contribution in [3.8, 4) is 0 Å². The zero-order chi connectivity index (χ0) is 17.9. The quantitative estimate of drug-likeness (QED) is 0.898. The maximum Gasteiger partial charge on any atom is 0.247 e. The van der Waals surface area contributed by atoms with Gasteiger partial charge in [0.1, 0.15) is 17.7 Å². The summed E-state index contributed by atoms with van der Waals surface area (Å²) in [6, 6.07) is 8.76. The monoisotopic (exact) mass is 354 g/mol. The van der Waals surface area contributed by atoms with E-state index in [4.69, 9.17) is 0 Å². The Morgan fingerprint density at radius 1 is 1.00 bits per heavy atom. The fraction of sp³-hybridized carbons (Fsp3) is 0.188. The fourth-order valence-corrected chi connectivity index (χ4v) is 3.35. The van der Waals surface area contributed by atoms with Crippen molar-refractivity contribution in [1.82, 2.24) is 0 Å². The Morgan fingerprint density at radius 2 is 1.46 bits per heavy atom. The lowest BCUT2D eigenvalue weighted by atomic mass is 10.2. The number of benzene rings is 2. The molecule has 0 saturated carbocycles. The van der Waals surface area contributed by atoms with Gasteiger partial charge in [0.2, 0.25) is 15.9 Å². The van der Waals surface area contributed by atoms with E-state index in [2.05, 4.69) is 5.32 Å². The lowest BCUT2D eigenvalue weighted by molar-refractivity contribution is -0.116. The minimum atomic E-state index is -3.78. The van der Waals surface area contributed by atoms with Crippen molar-refractivity contribution in [3.63, 3.8) is 0 Å². The van der Waals surface area contributed by atoms with Crippen LogP contribution in [-0.4, -0.2) is 26.6 Å². The van der Waals surface area contributed by atoms with Gasteiger partial charge in [0.15, 0.2) is 0 Å². The highest BCUT2D eigenvalue weighted by molar-refractivity contribution is 7.92. The molecular formula is C16H16F2N2O3S. The van der Waals surface area contributed by atoms with Crippen molar-refractivity contribution >= 4 is 27.3 Å². The molecule has 1 N–H and O–H groups in total. The number of nitrogens with one attached hydrogen (secondary N) is 1. The van der Waals surface area contributed by atoms with E-state index in [9.17, 15) is 22.0 Å². The second kappa shape index (κ2) is 6.96. The number of hydrogen-bond acceptors (Lipinski definition) is 3. The number of rotatable bonds is 5. The minimum Gasteiger partial charge on any atom is -0.324 e. The van der Waals surface area contributed by atoms with Crippen LogP contribution in [0.1, 0.15) is 6.92 Å². The minimum absolute atomic E-state index is 0.167. The highest BCUT2D eigenvalue weighted by atomic mass is 32.2. The Bertz CT molecular complexity index is 821. The first-order valence-electron chi connectivity index (χ1n) is 7.00. The average molecular weight is 354 g/mol. The normalized spacial score (nSPS) is 12.5. The molecular weight excluding hydrogens is 338 g/mol. The van der Waals surface area contributed by atoms with Crippen LogP contribution in [0.25, 0.3) is 0 Å². The van der Waals surface area contributed by atoms with Crippen LogP contribution in [0.5, 0.6) is 0 Å². The Balaban J connectivity index is 2.27. The third kappa shape index (κ3) is 4.29. The van der Waals surface area contributed by atoms with Crippen LogP contribution in [0.3, 0.4) is 0 Å². The summed E-state index contributed by atoms with van der Waals surface area (Å²) >= 11 is 0. The summed E-state index contributed by atoms with van der Waals surface area (Å²) < 4.78 is 51.0. The molecule has 0 spiro atoms. The molecule has 0 aliphatic rings. The molecule has 0 bridgehead atoms. The number of carbonyl (C=O) groups excluding carboxylic acids is 1. The van der Waals surface area contributed by atoms with Gasteiger partial charge in [-0.05, 0) is 55.5 Å². The molecule has 0 radical (unpaired) electrons. The first-order chi connectivity index (χ1) is 11.2. The van der Waals surface area contributed by atoms with E-state index >= 15 is 0 Å². The predicted octanol–water partition coefficient (Wildman–Crippen LogP) is 2.76. The third-order valence-corrected chi connectivity index (χ3v) is 4.52. The molecule has 0 aliphatic carbocycles. The first-order valence-corrected chi connectivity index (χ1v) is 8.85. The van der Waals surface area contributed by atoms with Gasteiger partial charge in [-0.1, -0.05) is 0 Å². The molecule has 0 aromatic heterocycles. The van der Waals surface area contributed by atoms with E-state index in [1.165, 1.54) is 43.3 Å². The van der Waals surface area contributed by atoms with Crippen molar-refractivity contribution < 1.29 is 22.0 Å². The number of sulfonamides is 1. The summed E-state index contributed by atoms with van der Waals surface area (Å²) in [6.07, 6.45) is 0.956. The number of amides is 1. The smallest absolute Gasteiger partial charge is 0.247 e. The zero-order valence-electron chi connectivity index (χ0n) is 13.0. The Hall–Kier alpha value is -2.48. The van der Waals surface area contributed by atoms with Crippen LogP contribution in [0.15, 0.2) is 48.5 Å². The molecule has 2 aromatic rings. The highest BCUT2D eigenvalue weighted by Crippen LogP contribution is 2.22. The molecule has 1 amide bonds. The summed E-state index contributed by atoms with van der Waals surface area (Å²) in [5, 5.41) is 2.52. The van der Waals surface area contributed by atoms with Gasteiger partial charge < -0.3 is 5.32 Å². The van der Waals surface area contributed by atoms with E-state index in [0.717, 1.165) is 22.7 Å². The van der Waals surface area contributed by atoms with E-state index in [1.54, 1.807) is 0 Å². The zero-order valence-corrected chi connectivity index (χ0v) is 13.8. The number of hydrogen-bond donors (Lipinski definition) is 1. The molecule has 1 unspecified atom stereocenters. The van der Waals surface area contributed by atoms with E-state index in [1.807, 2.05) is 0 Å². The van der Waals surface area contributed by atoms with E-state index in [-0.39, 0.29) is 5.69 Å². The summed E-state index contributed by atoms with van der Waals surface area (Å²) in [4.78, 5) is 12.3. The van der Waals surface area contributed by atoms with Crippen LogP contribution < -0.4 is 9.62 Å². The average Bonchev–Trinajstić information content (AvgIpc) is 2.50. The van der Waals surface area contributed by atoms with Gasteiger partial charge in [-0.2, -0.15) is 0 Å². The first kappa shape index (κ1) is 17.9. The summed E-state index contributed by atoms with van der Waals surface area (Å²) in [6.45, 7) is 1.41. The molecule has 0 fully saturated rings. The van der Waals surface area contributed by atoms with Gasteiger partial charge >= 0.3 is 0 Å². The molecule has 128 valence electrons. The molecule has 8 heteroatoms. The molecule has 5 nitrogen and oxygen atoms in total. The highest BCUT2D eigenvalue weighted by Gasteiger charge is 2.29. The number of carbonyl (C=O) groups is 1. The maximum atomic E-state index is 13.0. The molecule has 24 heavy (non-hydrogen) atoms. The number of anilines is 2. The molecule has 1 atom stereocenters. The second-order valence-electron chi connectivity index (χ2n) is 5.21. The van der Waals surface area contributed by atoms with Crippen molar-refractivity contribution in [2.75, 3.05) is 15.9 Å². The molecule has 2 rings (SSSR count). The van der Waals surface area contributed by atoms with Crippen LogP contribution in [0, 0.1) is 11.6 Å².